The Hall–Kier alpha value is -1.56. The quantitative estimate of drug-likeness (QED) is 0.802. The minimum Gasteiger partial charge on any atom is -0.461 e. The molecular weight excluding hydrogens is 258 g/mol. The van der Waals surface area contributed by atoms with Gasteiger partial charge in [-0.25, -0.2) is 9.78 Å². The van der Waals surface area contributed by atoms with Gasteiger partial charge < -0.3 is 19.8 Å². The van der Waals surface area contributed by atoms with Crippen LogP contribution in [-0.4, -0.2) is 35.3 Å². The van der Waals surface area contributed by atoms with E-state index >= 15 is 0 Å². The van der Waals surface area contributed by atoms with Crippen molar-refractivity contribution in [3.05, 3.63) is 11.5 Å². The number of nitrogen functional groups attached to an aromatic ring is 1. The van der Waals surface area contributed by atoms with Crippen molar-refractivity contribution < 1.29 is 14.3 Å². The van der Waals surface area contributed by atoms with Gasteiger partial charge in [0, 0.05) is 26.2 Å². The maximum atomic E-state index is 11.8. The maximum absolute atomic E-state index is 11.8. The molecule has 0 aliphatic carbocycles. The van der Waals surface area contributed by atoms with Crippen LogP contribution in [0.15, 0.2) is 0 Å². The number of anilines is 1. The molecule has 0 bridgehead atoms. The lowest BCUT2D eigenvalue weighted by atomic mass is 10.1. The lowest BCUT2D eigenvalue weighted by Crippen LogP contribution is -2.12. The van der Waals surface area contributed by atoms with E-state index in [1.54, 1.807) is 6.92 Å². The molecule has 6 nitrogen and oxygen atoms in total. The summed E-state index contributed by atoms with van der Waals surface area (Å²) < 4.78 is 12.3. The molecule has 1 atom stereocenters. The molecule has 20 heavy (non-hydrogen) atoms. The van der Waals surface area contributed by atoms with E-state index < -0.39 is 5.97 Å². The molecule has 6 heteroatoms. The third-order valence-corrected chi connectivity index (χ3v) is 3.66. The molecule has 1 aliphatic rings. The molecule has 112 valence electrons. The Morgan fingerprint density at radius 3 is 2.95 bits per heavy atom. The van der Waals surface area contributed by atoms with Crippen molar-refractivity contribution in [2.45, 2.75) is 39.7 Å². The Morgan fingerprint density at radius 1 is 1.55 bits per heavy atom. The van der Waals surface area contributed by atoms with Crippen LogP contribution in [0.3, 0.4) is 0 Å². The molecule has 1 aliphatic heterocycles. The summed E-state index contributed by atoms with van der Waals surface area (Å²) in [7, 11) is 0. The standard InChI is InChI=1S/C14H23N3O3/c1-3-11-16-12(14(18)20-4-2)13(15)17(11)7-5-10-6-8-19-9-10/h10H,3-9,15H2,1-2H3. The Kier molecular flexibility index (Phi) is 5.00. The molecule has 0 spiro atoms. The monoisotopic (exact) mass is 281 g/mol. The van der Waals surface area contributed by atoms with E-state index in [-0.39, 0.29) is 5.69 Å². The fourth-order valence-corrected chi connectivity index (χ4v) is 2.51. The van der Waals surface area contributed by atoms with Crippen LogP contribution in [0.25, 0.3) is 0 Å². The highest BCUT2D eigenvalue weighted by molar-refractivity contribution is 5.92. The second kappa shape index (κ2) is 6.74. The molecule has 2 rings (SSSR count). The van der Waals surface area contributed by atoms with Gasteiger partial charge in [0.1, 0.15) is 11.6 Å². The number of nitrogens with two attached hydrogens (primary N) is 1. The van der Waals surface area contributed by atoms with Gasteiger partial charge in [0.05, 0.1) is 6.61 Å². The summed E-state index contributed by atoms with van der Waals surface area (Å²) in [5.74, 6) is 1.39. The average molecular weight is 281 g/mol. The highest BCUT2D eigenvalue weighted by Crippen LogP contribution is 2.21. The van der Waals surface area contributed by atoms with Crippen LogP contribution in [0.4, 0.5) is 5.82 Å². The summed E-state index contributed by atoms with van der Waals surface area (Å²) in [6.07, 6.45) is 2.83. The van der Waals surface area contributed by atoms with E-state index in [2.05, 4.69) is 4.98 Å². The summed E-state index contributed by atoms with van der Waals surface area (Å²) in [5.41, 5.74) is 6.31. The van der Waals surface area contributed by atoms with Gasteiger partial charge in [-0.15, -0.1) is 0 Å². The van der Waals surface area contributed by atoms with Crippen molar-refractivity contribution >= 4 is 11.8 Å². The minimum absolute atomic E-state index is 0.242. The van der Waals surface area contributed by atoms with Crippen LogP contribution in [-0.2, 0) is 22.4 Å². The number of carbonyl (C=O) groups is 1. The third-order valence-electron chi connectivity index (χ3n) is 3.66. The number of hydrogen-bond donors (Lipinski definition) is 1. The molecule has 2 heterocycles. The van der Waals surface area contributed by atoms with Gasteiger partial charge in [-0.1, -0.05) is 6.92 Å². The van der Waals surface area contributed by atoms with Gasteiger partial charge in [-0.2, -0.15) is 0 Å². The number of hydrogen-bond acceptors (Lipinski definition) is 5. The molecule has 0 radical (unpaired) electrons. The van der Waals surface area contributed by atoms with E-state index in [9.17, 15) is 4.79 Å². The van der Waals surface area contributed by atoms with Crippen molar-refractivity contribution in [1.82, 2.24) is 9.55 Å². The van der Waals surface area contributed by atoms with Gasteiger partial charge in [0.2, 0.25) is 0 Å². The number of esters is 1. The summed E-state index contributed by atoms with van der Waals surface area (Å²) in [4.78, 5) is 16.1. The lowest BCUT2D eigenvalue weighted by molar-refractivity contribution is 0.0521. The zero-order valence-electron chi connectivity index (χ0n) is 12.2. The zero-order chi connectivity index (χ0) is 14.5. The van der Waals surface area contributed by atoms with Crippen LogP contribution < -0.4 is 5.73 Å². The van der Waals surface area contributed by atoms with Crippen LogP contribution in [0.1, 0.15) is 43.0 Å². The molecule has 1 aromatic rings. The fourth-order valence-electron chi connectivity index (χ4n) is 2.51. The van der Waals surface area contributed by atoms with E-state index in [0.717, 1.165) is 44.8 Å². The largest absolute Gasteiger partial charge is 0.461 e. The van der Waals surface area contributed by atoms with Crippen molar-refractivity contribution in [1.29, 1.82) is 0 Å². The van der Waals surface area contributed by atoms with Gasteiger partial charge in [-0.3, -0.25) is 0 Å². The third kappa shape index (κ3) is 3.12. The molecule has 1 fully saturated rings. The minimum atomic E-state index is -0.442. The summed E-state index contributed by atoms with van der Waals surface area (Å²) in [5, 5.41) is 0. The molecule has 2 N–H and O–H groups in total. The van der Waals surface area contributed by atoms with Crippen LogP contribution >= 0.6 is 0 Å². The van der Waals surface area contributed by atoms with Crippen LogP contribution in [0.5, 0.6) is 0 Å². The predicted octanol–water partition coefficient (Wildman–Crippen LogP) is 1.63. The Labute approximate surface area is 119 Å². The van der Waals surface area contributed by atoms with Crippen molar-refractivity contribution in [3.8, 4) is 0 Å². The normalized spacial score (nSPS) is 18.4. The topological polar surface area (TPSA) is 79.4 Å². The number of aromatic nitrogens is 2. The molecule has 0 saturated carbocycles. The van der Waals surface area contributed by atoms with E-state index in [1.165, 1.54) is 0 Å². The van der Waals surface area contributed by atoms with Crippen molar-refractivity contribution in [2.24, 2.45) is 5.92 Å². The summed E-state index contributed by atoms with van der Waals surface area (Å²) >= 11 is 0. The first-order chi connectivity index (χ1) is 9.67. The Morgan fingerprint density at radius 2 is 2.35 bits per heavy atom. The lowest BCUT2D eigenvalue weighted by Gasteiger charge is -2.11. The Bertz CT molecular complexity index is 464. The first kappa shape index (κ1) is 14.8. The van der Waals surface area contributed by atoms with E-state index in [4.69, 9.17) is 15.2 Å². The second-order valence-corrected chi connectivity index (χ2v) is 5.01. The fraction of sp³-hybridized carbons (Fsp3) is 0.714. The predicted molar refractivity (Wildman–Crippen MR) is 75.5 cm³/mol. The van der Waals surface area contributed by atoms with Crippen LogP contribution in [0.2, 0.25) is 0 Å². The molecule has 1 aromatic heterocycles. The Balaban J connectivity index is 2.11. The molecule has 0 amide bonds. The number of nitrogens with zero attached hydrogens (tertiary/aromatic N) is 2. The van der Waals surface area contributed by atoms with Gasteiger partial charge >= 0.3 is 5.97 Å². The van der Waals surface area contributed by atoms with Gasteiger partial charge in [0.25, 0.3) is 0 Å². The van der Waals surface area contributed by atoms with E-state index in [0.29, 0.717) is 18.3 Å². The van der Waals surface area contributed by atoms with E-state index in [1.807, 2.05) is 11.5 Å². The smallest absolute Gasteiger partial charge is 0.360 e. The maximum Gasteiger partial charge on any atom is 0.360 e. The molecule has 0 aromatic carbocycles. The van der Waals surface area contributed by atoms with Crippen LogP contribution in [0, 0.1) is 5.92 Å². The molecule has 1 unspecified atom stereocenters. The molecular formula is C14H23N3O3. The average Bonchev–Trinajstić information content (AvgIpc) is 3.04. The highest BCUT2D eigenvalue weighted by atomic mass is 16.5. The van der Waals surface area contributed by atoms with Crippen molar-refractivity contribution in [2.75, 3.05) is 25.6 Å². The number of rotatable bonds is 6. The second-order valence-electron chi connectivity index (χ2n) is 5.01. The first-order valence-electron chi connectivity index (χ1n) is 7.27. The summed E-state index contributed by atoms with van der Waals surface area (Å²) in [6.45, 7) is 6.54. The first-order valence-corrected chi connectivity index (χ1v) is 7.27. The molecule has 1 saturated heterocycles. The van der Waals surface area contributed by atoms with Gasteiger partial charge in [0.15, 0.2) is 5.69 Å². The highest BCUT2D eigenvalue weighted by Gasteiger charge is 2.22. The number of imidazole rings is 1. The summed E-state index contributed by atoms with van der Waals surface area (Å²) in [6, 6.07) is 0. The van der Waals surface area contributed by atoms with Crippen molar-refractivity contribution in [3.63, 3.8) is 0 Å². The number of ether oxygens (including phenoxy) is 2. The number of carbonyl (C=O) groups excluding carboxylic acids is 1. The van der Waals surface area contributed by atoms with Gasteiger partial charge in [-0.05, 0) is 25.7 Å². The SMILES string of the molecule is CCOC(=O)c1nc(CC)n(CCC2CCOC2)c1N. The zero-order valence-corrected chi connectivity index (χ0v) is 12.2. The number of aryl methyl sites for hydroxylation is 1.